The summed E-state index contributed by atoms with van der Waals surface area (Å²) in [6.45, 7) is 6.97. The summed E-state index contributed by atoms with van der Waals surface area (Å²) in [7, 11) is 1.30. The van der Waals surface area contributed by atoms with Gasteiger partial charge in [0.25, 0.3) is 0 Å². The maximum Gasteiger partial charge on any atom is 0.326 e. The van der Waals surface area contributed by atoms with Crippen molar-refractivity contribution in [2.45, 2.75) is 141 Å². The largest absolute Gasteiger partial charge is 0.508 e. The Labute approximate surface area is 397 Å². The number of carbonyl (C=O) groups is 8. The quantitative estimate of drug-likeness (QED) is 0.0226. The number of nitrogens with two attached hydrogens (primary N) is 5. The second-order valence-corrected chi connectivity index (χ2v) is 17.3. The Morgan fingerprint density at radius 1 is 0.750 bits per heavy atom. The van der Waals surface area contributed by atoms with Crippen LogP contribution < -0.4 is 55.3 Å². The summed E-state index contributed by atoms with van der Waals surface area (Å²) in [5.41, 5.74) is 28.3. The maximum absolute atomic E-state index is 14.3. The number of phenols is 1. The minimum Gasteiger partial charge on any atom is -0.508 e. The minimum atomic E-state index is -1.36. The van der Waals surface area contributed by atoms with Crippen LogP contribution in [0.3, 0.4) is 0 Å². The van der Waals surface area contributed by atoms with Crippen molar-refractivity contribution in [3.05, 3.63) is 29.8 Å². The number of rotatable bonds is 29. The summed E-state index contributed by atoms with van der Waals surface area (Å²) >= 11 is 0. The molecule has 1 fully saturated rings. The topological polar surface area (TPSA) is 398 Å². The average Bonchev–Trinajstić information content (AvgIpc) is 3.77. The molecule has 0 aromatic heterocycles. The third-order valence-electron chi connectivity index (χ3n) is 11.2. The van der Waals surface area contributed by atoms with E-state index in [9.17, 15) is 48.6 Å². The molecule has 24 heteroatoms. The summed E-state index contributed by atoms with van der Waals surface area (Å²) in [6, 6.07) is -2.57. The molecule has 0 saturated carbocycles. The predicted molar refractivity (Wildman–Crippen MR) is 254 cm³/mol. The summed E-state index contributed by atoms with van der Waals surface area (Å²) in [6.07, 6.45) is 2.46. The number of phenolic OH excluding ortho intramolecular Hbond substituents is 1. The maximum atomic E-state index is 14.3. The van der Waals surface area contributed by atoms with Crippen molar-refractivity contribution in [1.29, 1.82) is 0 Å². The number of guanidine groups is 2. The van der Waals surface area contributed by atoms with E-state index in [2.05, 4.69) is 36.6 Å². The molecular formula is C44H74N14O10. The standard InChI is InChI=1S/C44H74N14O10/c1-6-10-29(36(61)56-33(23-27-15-17-28(60)18-16-27)40(65)57(5)35(24-45)39(64)55-32(42(67)68)19-14-25(2)3)53-37(62)30(11-7-20-50-43(46)47)54-38(63)34-13-9-22-58(34)41(66)31(52-26(4)59)12-8-21-51-44(48)49/h15-18,25,29-35,60H,6-14,19-24,45H2,1-5H3,(H,52,59)(H,53,62)(H,54,63)(H,55,64)(H,56,61)(H,67,68)(H4,46,47,50)(H4,48,49,51)/t29-,30-,31-,32-,33-,34-,35-/m0/s1. The number of likely N-dealkylation sites (tertiary alicyclic amines) is 1. The van der Waals surface area contributed by atoms with Crippen LogP contribution in [0.15, 0.2) is 34.3 Å². The number of likely N-dealkylation sites (N-methyl/N-ethyl adjacent to an activating group) is 1. The monoisotopic (exact) mass is 959 g/mol. The molecule has 1 saturated heterocycles. The normalized spacial score (nSPS) is 15.9. The van der Waals surface area contributed by atoms with Gasteiger partial charge in [-0.05, 0) is 81.4 Å². The first-order valence-corrected chi connectivity index (χ1v) is 23.0. The molecule has 24 nitrogen and oxygen atoms in total. The number of aliphatic imine (C=N–C) groups is 2. The van der Waals surface area contributed by atoms with E-state index in [1.807, 2.05) is 13.8 Å². The fourth-order valence-electron chi connectivity index (χ4n) is 7.59. The molecule has 0 unspecified atom stereocenters. The summed E-state index contributed by atoms with van der Waals surface area (Å²) in [4.78, 5) is 118. The molecular weight excluding hydrogens is 885 g/mol. The number of hydrogen-bond donors (Lipinski definition) is 12. The first-order valence-electron chi connectivity index (χ1n) is 23.0. The van der Waals surface area contributed by atoms with Crippen LogP contribution in [0.4, 0.5) is 0 Å². The smallest absolute Gasteiger partial charge is 0.326 e. The minimum absolute atomic E-state index is 0.00426. The number of amides is 7. The third kappa shape index (κ3) is 19.6. The van der Waals surface area contributed by atoms with Gasteiger partial charge in [0.15, 0.2) is 11.9 Å². The summed E-state index contributed by atoms with van der Waals surface area (Å²) < 4.78 is 0. The summed E-state index contributed by atoms with van der Waals surface area (Å²) in [5.74, 6) is -6.16. The van der Waals surface area contributed by atoms with Crippen molar-refractivity contribution in [3.63, 3.8) is 0 Å². The van der Waals surface area contributed by atoms with Crippen molar-refractivity contribution in [3.8, 4) is 5.75 Å². The number of nitrogens with one attached hydrogen (secondary N) is 5. The highest BCUT2D eigenvalue weighted by Gasteiger charge is 2.40. The number of carboxylic acid groups (broad SMARTS) is 1. The molecule has 17 N–H and O–H groups in total. The van der Waals surface area contributed by atoms with Crippen LogP contribution in [0.25, 0.3) is 0 Å². The summed E-state index contributed by atoms with van der Waals surface area (Å²) in [5, 5.41) is 33.0. The zero-order valence-electron chi connectivity index (χ0n) is 39.9. The highest BCUT2D eigenvalue weighted by Crippen LogP contribution is 2.21. The van der Waals surface area contributed by atoms with Gasteiger partial charge >= 0.3 is 5.97 Å². The lowest BCUT2D eigenvalue weighted by atomic mass is 10.0. The number of carboxylic acids is 1. The number of nitrogens with zero attached hydrogens (tertiary/aromatic N) is 4. The van der Waals surface area contributed by atoms with Gasteiger partial charge in [-0.3, -0.25) is 43.5 Å². The van der Waals surface area contributed by atoms with Gasteiger partial charge < -0.3 is 75.3 Å². The molecule has 1 aliphatic rings. The Balaban J connectivity index is 2.41. The number of carbonyl (C=O) groups excluding carboxylic acids is 7. The first kappa shape index (κ1) is 57.4. The van der Waals surface area contributed by atoms with Gasteiger partial charge in [0.2, 0.25) is 41.4 Å². The highest BCUT2D eigenvalue weighted by molar-refractivity contribution is 5.97. The Kier molecular flexibility index (Phi) is 24.6. The Bertz CT molecular complexity index is 1920. The Hall–Kier alpha value is -6.72. The molecule has 0 radical (unpaired) electrons. The highest BCUT2D eigenvalue weighted by atomic mass is 16.4. The second kappa shape index (κ2) is 29.1. The lowest BCUT2D eigenvalue weighted by Crippen LogP contribution is -2.61. The third-order valence-corrected chi connectivity index (χ3v) is 11.2. The number of aromatic hydroxyl groups is 1. The average molecular weight is 959 g/mol. The van der Waals surface area contributed by atoms with Gasteiger partial charge in [-0.2, -0.15) is 0 Å². The van der Waals surface area contributed by atoms with Crippen molar-refractivity contribution < 1.29 is 48.6 Å². The van der Waals surface area contributed by atoms with Crippen LogP contribution in [0.1, 0.15) is 97.5 Å². The van der Waals surface area contributed by atoms with Gasteiger partial charge in [-0.25, -0.2) is 4.79 Å². The lowest BCUT2D eigenvalue weighted by molar-refractivity contribution is -0.145. The fraction of sp³-hybridized carbons (Fsp3) is 0.636. The van der Waals surface area contributed by atoms with Crippen LogP contribution in [0.5, 0.6) is 5.75 Å². The van der Waals surface area contributed by atoms with Crippen LogP contribution in [-0.2, 0) is 44.8 Å². The Morgan fingerprint density at radius 2 is 1.29 bits per heavy atom. The van der Waals surface area contributed by atoms with Crippen LogP contribution >= 0.6 is 0 Å². The van der Waals surface area contributed by atoms with Crippen LogP contribution in [0.2, 0.25) is 0 Å². The molecule has 1 aliphatic heterocycles. The molecule has 1 heterocycles. The fourth-order valence-corrected chi connectivity index (χ4v) is 7.59. The van der Waals surface area contributed by atoms with E-state index in [-0.39, 0.29) is 88.2 Å². The van der Waals surface area contributed by atoms with E-state index in [0.29, 0.717) is 31.2 Å². The predicted octanol–water partition coefficient (Wildman–Crippen LogP) is -2.42. The van der Waals surface area contributed by atoms with Gasteiger partial charge in [-0.15, -0.1) is 0 Å². The second-order valence-electron chi connectivity index (χ2n) is 17.3. The zero-order chi connectivity index (χ0) is 51.1. The van der Waals surface area contributed by atoms with Crippen molar-refractivity contribution in [1.82, 2.24) is 36.4 Å². The van der Waals surface area contributed by atoms with E-state index in [0.717, 1.165) is 4.90 Å². The molecule has 7 amide bonds. The van der Waals surface area contributed by atoms with Gasteiger partial charge in [-0.1, -0.05) is 39.3 Å². The SMILES string of the molecule is CCC[C@H](NC(=O)[C@H](CCCN=C(N)N)NC(=O)[C@@H]1CCCN1C(=O)[C@H](CCCN=C(N)N)NC(C)=O)C(=O)N[C@@H](Cc1ccc(O)cc1)C(=O)N(C)[C@@H](CN)C(=O)N[C@@H](CCC(C)C)C(=O)O. The molecule has 0 aliphatic carbocycles. The van der Waals surface area contributed by atoms with Crippen molar-refractivity contribution in [2.75, 3.05) is 33.2 Å². The van der Waals surface area contributed by atoms with Gasteiger partial charge in [0.1, 0.15) is 48.0 Å². The lowest BCUT2D eigenvalue weighted by Gasteiger charge is -2.32. The zero-order valence-corrected chi connectivity index (χ0v) is 39.9. The van der Waals surface area contributed by atoms with Crippen LogP contribution in [0, 0.1) is 5.92 Å². The van der Waals surface area contributed by atoms with Crippen molar-refractivity contribution in [2.24, 2.45) is 44.6 Å². The molecule has 1 aromatic carbocycles. The van der Waals surface area contributed by atoms with Crippen LogP contribution in [-0.4, -0.2) is 155 Å². The van der Waals surface area contributed by atoms with E-state index < -0.39 is 96.2 Å². The molecule has 2 rings (SSSR count). The van der Waals surface area contributed by atoms with E-state index in [1.165, 1.54) is 43.1 Å². The molecule has 68 heavy (non-hydrogen) atoms. The number of benzene rings is 1. The Morgan fingerprint density at radius 3 is 1.81 bits per heavy atom. The van der Waals surface area contributed by atoms with Gasteiger partial charge in [0.05, 0.1) is 0 Å². The van der Waals surface area contributed by atoms with Crippen molar-refractivity contribution >= 4 is 59.2 Å². The van der Waals surface area contributed by atoms with Gasteiger partial charge in [0, 0.05) is 46.6 Å². The van der Waals surface area contributed by atoms with E-state index in [1.54, 1.807) is 6.92 Å². The molecule has 0 bridgehead atoms. The molecule has 380 valence electrons. The van der Waals surface area contributed by atoms with E-state index >= 15 is 0 Å². The first-order chi connectivity index (χ1) is 32.1. The molecule has 1 aromatic rings. The number of aliphatic carboxylic acids is 1. The molecule has 7 atom stereocenters. The number of hydrogen-bond acceptors (Lipinski definition) is 12. The van der Waals surface area contributed by atoms with E-state index in [4.69, 9.17) is 28.7 Å². The molecule has 0 spiro atoms.